The van der Waals surface area contributed by atoms with E-state index in [9.17, 15) is 9.59 Å². The van der Waals surface area contributed by atoms with Crippen LogP contribution in [0.5, 0.6) is 0 Å². The number of ether oxygens (including phenoxy) is 2. The zero-order valence-electron chi connectivity index (χ0n) is 12.7. The summed E-state index contributed by atoms with van der Waals surface area (Å²) in [5.41, 5.74) is 0.987. The van der Waals surface area contributed by atoms with E-state index in [0.29, 0.717) is 31.5 Å². The molecular formula is C17H21NO4. The third-order valence-corrected chi connectivity index (χ3v) is 4.75. The van der Waals surface area contributed by atoms with E-state index in [0.717, 1.165) is 18.4 Å². The fraction of sp³-hybridized carbons (Fsp3) is 0.529. The van der Waals surface area contributed by atoms with E-state index >= 15 is 0 Å². The van der Waals surface area contributed by atoms with Crippen LogP contribution in [-0.4, -0.2) is 37.2 Å². The largest absolute Gasteiger partial charge is 0.469 e. The molecule has 1 saturated heterocycles. The number of hydrogen-bond donors (Lipinski definition) is 0. The van der Waals surface area contributed by atoms with Gasteiger partial charge in [-0.3, -0.25) is 4.79 Å². The highest BCUT2D eigenvalue weighted by atomic mass is 16.6. The van der Waals surface area contributed by atoms with Gasteiger partial charge in [0, 0.05) is 13.1 Å². The van der Waals surface area contributed by atoms with Crippen molar-refractivity contribution < 1.29 is 19.1 Å². The van der Waals surface area contributed by atoms with Gasteiger partial charge >= 0.3 is 12.1 Å². The summed E-state index contributed by atoms with van der Waals surface area (Å²) in [6.07, 6.45) is 1.38. The third-order valence-electron chi connectivity index (χ3n) is 4.75. The molecule has 2 fully saturated rings. The molecule has 0 radical (unpaired) electrons. The molecule has 0 bridgehead atoms. The number of nitrogens with zero attached hydrogens (tertiary/aromatic N) is 1. The van der Waals surface area contributed by atoms with E-state index in [1.807, 2.05) is 30.3 Å². The van der Waals surface area contributed by atoms with Crippen LogP contribution < -0.4 is 0 Å². The van der Waals surface area contributed by atoms with Crippen LogP contribution in [0.2, 0.25) is 0 Å². The SMILES string of the molecule is COC(=O)C1CC2CN(C(=O)OCc3ccccc3)CC2C1. The van der Waals surface area contributed by atoms with Crippen LogP contribution in [0.3, 0.4) is 0 Å². The van der Waals surface area contributed by atoms with Gasteiger partial charge in [-0.05, 0) is 30.2 Å². The maximum atomic E-state index is 12.1. The summed E-state index contributed by atoms with van der Waals surface area (Å²) in [7, 11) is 1.43. The van der Waals surface area contributed by atoms with E-state index < -0.39 is 0 Å². The van der Waals surface area contributed by atoms with Crippen molar-refractivity contribution in [3.63, 3.8) is 0 Å². The zero-order valence-corrected chi connectivity index (χ0v) is 12.7. The molecule has 1 amide bonds. The predicted octanol–water partition coefficient (Wildman–Crippen LogP) is 2.45. The van der Waals surface area contributed by atoms with Gasteiger partial charge in [-0.1, -0.05) is 30.3 Å². The topological polar surface area (TPSA) is 55.8 Å². The van der Waals surface area contributed by atoms with Crippen molar-refractivity contribution in [2.45, 2.75) is 19.4 Å². The van der Waals surface area contributed by atoms with Crippen LogP contribution in [0.25, 0.3) is 0 Å². The highest BCUT2D eigenvalue weighted by molar-refractivity contribution is 5.73. The van der Waals surface area contributed by atoms with Crippen molar-refractivity contribution in [1.29, 1.82) is 0 Å². The lowest BCUT2D eigenvalue weighted by Gasteiger charge is -2.18. The van der Waals surface area contributed by atoms with Gasteiger partial charge in [-0.25, -0.2) is 4.79 Å². The van der Waals surface area contributed by atoms with Crippen LogP contribution in [0.1, 0.15) is 18.4 Å². The molecule has 1 heterocycles. The summed E-state index contributed by atoms with van der Waals surface area (Å²) in [6.45, 7) is 1.67. The Hall–Kier alpha value is -2.04. The van der Waals surface area contributed by atoms with Crippen molar-refractivity contribution in [3.05, 3.63) is 35.9 Å². The molecule has 1 saturated carbocycles. The normalized spacial score (nSPS) is 26.6. The number of amides is 1. The number of carbonyl (C=O) groups is 2. The first-order valence-corrected chi connectivity index (χ1v) is 7.71. The number of fused-ring (bicyclic) bond motifs is 1. The van der Waals surface area contributed by atoms with E-state index in [4.69, 9.17) is 9.47 Å². The molecular weight excluding hydrogens is 282 g/mol. The monoisotopic (exact) mass is 303 g/mol. The van der Waals surface area contributed by atoms with Crippen molar-refractivity contribution in [3.8, 4) is 0 Å². The van der Waals surface area contributed by atoms with Crippen LogP contribution in [0.15, 0.2) is 30.3 Å². The Morgan fingerprint density at radius 2 is 1.77 bits per heavy atom. The first-order valence-electron chi connectivity index (χ1n) is 7.71. The fourth-order valence-electron chi connectivity index (χ4n) is 3.62. The molecule has 118 valence electrons. The van der Waals surface area contributed by atoms with Crippen LogP contribution >= 0.6 is 0 Å². The first-order chi connectivity index (χ1) is 10.7. The summed E-state index contributed by atoms with van der Waals surface area (Å²) in [6, 6.07) is 9.66. The summed E-state index contributed by atoms with van der Waals surface area (Å²) in [5, 5.41) is 0. The second kappa shape index (κ2) is 6.38. The van der Waals surface area contributed by atoms with E-state index in [1.54, 1.807) is 4.90 Å². The summed E-state index contributed by atoms with van der Waals surface area (Å²) in [4.78, 5) is 25.5. The van der Waals surface area contributed by atoms with Gasteiger partial charge in [0.25, 0.3) is 0 Å². The molecule has 1 aromatic carbocycles. The van der Waals surface area contributed by atoms with Gasteiger partial charge in [-0.15, -0.1) is 0 Å². The Bertz CT molecular complexity index is 531. The molecule has 0 N–H and O–H groups in total. The summed E-state index contributed by atoms with van der Waals surface area (Å²) in [5.74, 6) is 0.678. The third kappa shape index (κ3) is 3.08. The number of esters is 1. The zero-order chi connectivity index (χ0) is 15.5. The number of hydrogen-bond acceptors (Lipinski definition) is 4. The molecule has 0 spiro atoms. The average Bonchev–Trinajstić information content (AvgIpc) is 3.11. The lowest BCUT2D eigenvalue weighted by molar-refractivity contribution is -0.145. The molecule has 1 aliphatic heterocycles. The van der Waals surface area contributed by atoms with Crippen molar-refractivity contribution in [2.24, 2.45) is 17.8 Å². The summed E-state index contributed by atoms with van der Waals surface area (Å²) >= 11 is 0. The highest BCUT2D eigenvalue weighted by Gasteiger charge is 2.45. The molecule has 1 aromatic rings. The van der Waals surface area contributed by atoms with Crippen LogP contribution in [0, 0.1) is 17.8 Å². The van der Waals surface area contributed by atoms with Crippen molar-refractivity contribution >= 4 is 12.1 Å². The Kier molecular flexibility index (Phi) is 4.32. The number of rotatable bonds is 3. The van der Waals surface area contributed by atoms with Crippen molar-refractivity contribution in [1.82, 2.24) is 4.90 Å². The second-order valence-corrected chi connectivity index (χ2v) is 6.16. The van der Waals surface area contributed by atoms with Gasteiger partial charge in [0.05, 0.1) is 13.0 Å². The standard InChI is InChI=1S/C17H21NO4/c1-21-16(19)13-7-14-9-18(10-15(14)8-13)17(20)22-11-12-5-3-2-4-6-12/h2-6,13-15H,7-11H2,1H3. The quantitative estimate of drug-likeness (QED) is 0.805. The van der Waals surface area contributed by atoms with Crippen LogP contribution in [-0.2, 0) is 20.9 Å². The maximum absolute atomic E-state index is 12.1. The Morgan fingerprint density at radius 3 is 2.36 bits per heavy atom. The molecule has 5 heteroatoms. The van der Waals surface area contributed by atoms with Gasteiger partial charge in [0.15, 0.2) is 0 Å². The Labute approximate surface area is 130 Å². The average molecular weight is 303 g/mol. The number of likely N-dealkylation sites (tertiary alicyclic amines) is 1. The minimum atomic E-state index is -0.257. The number of carbonyl (C=O) groups excluding carboxylic acids is 2. The lowest BCUT2D eigenvalue weighted by atomic mass is 10.0. The predicted molar refractivity (Wildman–Crippen MR) is 79.9 cm³/mol. The van der Waals surface area contributed by atoms with Gasteiger partial charge in [0.2, 0.25) is 0 Å². The molecule has 2 atom stereocenters. The maximum Gasteiger partial charge on any atom is 0.410 e. The van der Waals surface area contributed by atoms with Gasteiger partial charge in [0.1, 0.15) is 6.61 Å². The van der Waals surface area contributed by atoms with E-state index in [-0.39, 0.29) is 18.0 Å². The Morgan fingerprint density at radius 1 is 1.14 bits per heavy atom. The highest BCUT2D eigenvalue weighted by Crippen LogP contribution is 2.42. The molecule has 2 aliphatic rings. The van der Waals surface area contributed by atoms with Crippen LogP contribution in [0.4, 0.5) is 4.79 Å². The molecule has 5 nitrogen and oxygen atoms in total. The Balaban J connectivity index is 1.48. The van der Waals surface area contributed by atoms with E-state index in [1.165, 1.54) is 7.11 Å². The molecule has 1 aliphatic carbocycles. The number of benzene rings is 1. The second-order valence-electron chi connectivity index (χ2n) is 6.16. The molecule has 2 unspecified atom stereocenters. The summed E-state index contributed by atoms with van der Waals surface area (Å²) < 4.78 is 10.2. The smallest absolute Gasteiger partial charge is 0.410 e. The lowest BCUT2D eigenvalue weighted by Crippen LogP contribution is -2.31. The minimum absolute atomic E-state index is 0.00230. The van der Waals surface area contributed by atoms with Gasteiger partial charge in [-0.2, -0.15) is 0 Å². The first kappa shape index (κ1) is 14.9. The minimum Gasteiger partial charge on any atom is -0.469 e. The van der Waals surface area contributed by atoms with E-state index in [2.05, 4.69) is 0 Å². The fourth-order valence-corrected chi connectivity index (χ4v) is 3.62. The molecule has 0 aromatic heterocycles. The van der Waals surface area contributed by atoms with Gasteiger partial charge < -0.3 is 14.4 Å². The van der Waals surface area contributed by atoms with Crippen molar-refractivity contribution in [2.75, 3.05) is 20.2 Å². The molecule has 22 heavy (non-hydrogen) atoms. The number of methoxy groups -OCH3 is 1. The molecule has 3 rings (SSSR count).